The van der Waals surface area contributed by atoms with Crippen LogP contribution in [0.3, 0.4) is 0 Å². The van der Waals surface area contributed by atoms with Crippen molar-refractivity contribution in [2.45, 2.75) is 141 Å². The monoisotopic (exact) mass is 830 g/mol. The van der Waals surface area contributed by atoms with Crippen LogP contribution in [-0.4, -0.2) is 74.8 Å². The molecule has 0 amide bonds. The van der Waals surface area contributed by atoms with Crippen molar-refractivity contribution in [2.75, 3.05) is 18.9 Å². The average Bonchev–Trinajstić information content (AvgIpc) is 3.67. The molecule has 3 aromatic rings. The van der Waals surface area contributed by atoms with Crippen molar-refractivity contribution in [3.63, 3.8) is 0 Å². The Hall–Kier alpha value is -3.14. The predicted molar refractivity (Wildman–Crippen MR) is 222 cm³/mol. The number of para-hydroxylation sites is 1. The second-order valence-electron chi connectivity index (χ2n) is 17.7. The van der Waals surface area contributed by atoms with Crippen molar-refractivity contribution < 1.29 is 36.7 Å². The van der Waals surface area contributed by atoms with Crippen LogP contribution in [0.2, 0.25) is 36.3 Å². The van der Waals surface area contributed by atoms with Crippen LogP contribution < -0.4 is 15.3 Å². The number of aromatic nitrogens is 3. The summed E-state index contributed by atoms with van der Waals surface area (Å²) in [5.41, 5.74) is 5.32. The lowest BCUT2D eigenvalue weighted by Crippen LogP contribution is -2.56. The van der Waals surface area contributed by atoms with E-state index in [1.807, 2.05) is 13.8 Å². The van der Waals surface area contributed by atoms with Gasteiger partial charge < -0.3 is 28.6 Å². The molecule has 3 N–H and O–H groups in total. The van der Waals surface area contributed by atoms with Crippen LogP contribution in [0.25, 0.3) is 5.52 Å². The summed E-state index contributed by atoms with van der Waals surface area (Å²) in [7, 11) is -9.66. The first-order chi connectivity index (χ1) is 25.9. The molecule has 1 fully saturated rings. The summed E-state index contributed by atoms with van der Waals surface area (Å²) in [6.07, 6.45) is 0.129. The Morgan fingerprint density at radius 2 is 1.64 bits per heavy atom. The molecule has 0 unspecified atom stereocenters. The number of anilines is 1. The van der Waals surface area contributed by atoms with Gasteiger partial charge in [0.2, 0.25) is 5.60 Å². The topological polar surface area (TPSA) is 182 Å². The maximum Gasteiger partial charge on any atom is 0.459 e. The van der Waals surface area contributed by atoms with Gasteiger partial charge in [-0.15, -0.1) is 0 Å². The van der Waals surface area contributed by atoms with Gasteiger partial charge in [-0.1, -0.05) is 86.4 Å². The molecule has 6 atom stereocenters. The third kappa shape index (κ3) is 9.93. The number of nitrogen functional groups attached to an aromatic ring is 1. The molecule has 3 heterocycles. The molecule has 1 aliphatic heterocycles. The summed E-state index contributed by atoms with van der Waals surface area (Å²) in [5, 5.41) is 18.1. The fourth-order valence-electron chi connectivity index (χ4n) is 5.84. The van der Waals surface area contributed by atoms with Crippen LogP contribution in [0.1, 0.15) is 80.8 Å². The van der Waals surface area contributed by atoms with Crippen LogP contribution in [0, 0.1) is 17.2 Å². The molecule has 4 rings (SSSR count). The summed E-state index contributed by atoms with van der Waals surface area (Å²) in [5.74, 6) is 0.0894. The summed E-state index contributed by atoms with van der Waals surface area (Å²) in [4.78, 5) is 17.3. The second-order valence-corrected chi connectivity index (χ2v) is 28.9. The zero-order valence-electron chi connectivity index (χ0n) is 35.4. The third-order valence-corrected chi connectivity index (χ3v) is 22.2. The molecular formula is C39H63N6O8PSi2. The van der Waals surface area contributed by atoms with Gasteiger partial charge in [-0.2, -0.15) is 15.4 Å². The highest BCUT2D eigenvalue weighted by molar-refractivity contribution is 7.52. The maximum atomic E-state index is 14.8. The predicted octanol–water partition coefficient (Wildman–Crippen LogP) is 8.37. The van der Waals surface area contributed by atoms with E-state index in [1.165, 1.54) is 6.33 Å². The normalized spacial score (nSPS) is 22.5. The number of hydrogen-bond donors (Lipinski definition) is 2. The first kappa shape index (κ1) is 45.6. The molecule has 0 bridgehead atoms. The van der Waals surface area contributed by atoms with Crippen LogP contribution >= 0.6 is 7.75 Å². The summed E-state index contributed by atoms with van der Waals surface area (Å²) in [6, 6.07) is 13.4. The fraction of sp³-hybridized carbons (Fsp3) is 0.641. The van der Waals surface area contributed by atoms with Gasteiger partial charge in [0, 0.05) is 0 Å². The molecule has 0 saturated carbocycles. The molecule has 2 aromatic heterocycles. The van der Waals surface area contributed by atoms with E-state index in [0.29, 0.717) is 11.2 Å². The number of hydrogen-bond acceptors (Lipinski definition) is 12. The summed E-state index contributed by atoms with van der Waals surface area (Å²) < 4.78 is 55.6. The average molecular weight is 831 g/mol. The van der Waals surface area contributed by atoms with Crippen molar-refractivity contribution in [3.05, 3.63) is 54.5 Å². The van der Waals surface area contributed by atoms with Gasteiger partial charge in [0.05, 0.1) is 18.9 Å². The number of carbonyl (C=O) groups is 1. The Labute approximate surface area is 335 Å². The maximum absolute atomic E-state index is 14.8. The lowest BCUT2D eigenvalue weighted by molar-refractivity contribution is -0.146. The molecule has 310 valence electrons. The number of nitrogens with zero attached hydrogens (tertiary/aromatic N) is 4. The number of nitrogens with two attached hydrogens (primary N) is 1. The Morgan fingerprint density at radius 1 is 1.04 bits per heavy atom. The fourth-order valence-corrected chi connectivity index (χ4v) is 9.94. The lowest BCUT2D eigenvalue weighted by Gasteiger charge is -2.45. The Kier molecular flexibility index (Phi) is 14.1. The van der Waals surface area contributed by atoms with Crippen molar-refractivity contribution in [1.29, 1.82) is 5.26 Å². The van der Waals surface area contributed by atoms with E-state index in [9.17, 15) is 14.6 Å². The van der Waals surface area contributed by atoms with E-state index in [1.54, 1.807) is 53.9 Å². The van der Waals surface area contributed by atoms with E-state index >= 15 is 0 Å². The van der Waals surface area contributed by atoms with Crippen molar-refractivity contribution in [1.82, 2.24) is 19.7 Å². The largest absolute Gasteiger partial charge is 0.464 e. The molecule has 1 aromatic carbocycles. The van der Waals surface area contributed by atoms with Gasteiger partial charge in [0.1, 0.15) is 48.0 Å². The van der Waals surface area contributed by atoms with Crippen LogP contribution in [0.4, 0.5) is 5.82 Å². The Bertz CT molecular complexity index is 1890. The molecule has 0 spiro atoms. The minimum absolute atomic E-state index is 0.203. The molecule has 1 saturated heterocycles. The standard InChI is InChI=1S/C39H63N6O8PSi2/c1-14-28(15-2)23-48-36(46)27(3)44-54(47,51-29-19-17-16-18-20-29)49-24-31-33(52-55(10,11)37(4,5)6)34(53-56(12,13)38(7,8)9)39(25-40,50-31)32-22-21-30-35(41)42-26-43-45(30)32/h16-22,26-28,31,33-34H,14-15,23-24H2,1-13H3,(H,44,47)(H2,41,42,43)/t27-,31+,33+,34+,39-,54-/m0/s1. The number of fused-ring (bicyclic) bond motifs is 1. The number of rotatable bonds is 17. The van der Waals surface area contributed by atoms with Gasteiger partial charge >= 0.3 is 13.7 Å². The lowest BCUT2D eigenvalue weighted by atomic mass is 9.92. The Balaban J connectivity index is 1.83. The highest BCUT2D eigenvalue weighted by Gasteiger charge is 2.63. The number of esters is 1. The third-order valence-electron chi connectivity index (χ3n) is 11.6. The van der Waals surface area contributed by atoms with Crippen LogP contribution in [-0.2, 0) is 37.8 Å². The number of nitriles is 1. The van der Waals surface area contributed by atoms with Gasteiger partial charge in [-0.3, -0.25) is 9.32 Å². The van der Waals surface area contributed by atoms with E-state index in [0.717, 1.165) is 12.8 Å². The van der Waals surface area contributed by atoms with Crippen molar-refractivity contribution >= 4 is 41.7 Å². The number of ether oxygens (including phenoxy) is 2. The van der Waals surface area contributed by atoms with E-state index in [-0.39, 0.29) is 40.8 Å². The minimum atomic E-state index is -4.35. The van der Waals surface area contributed by atoms with Crippen molar-refractivity contribution in [3.8, 4) is 11.8 Å². The quantitative estimate of drug-likeness (QED) is 0.0753. The molecule has 56 heavy (non-hydrogen) atoms. The molecule has 0 aliphatic carbocycles. The van der Waals surface area contributed by atoms with Crippen LogP contribution in [0.15, 0.2) is 48.8 Å². The molecule has 17 heteroatoms. The second kappa shape index (κ2) is 17.4. The SMILES string of the molecule is CCC(CC)COC(=O)[C@H](C)N[P@](=O)(OC[C@H]1O[C@@](C#N)(c2ccc3c(N)ncnn23)[C@H](O[Si](C)(C)C(C)(C)C)[C@@H]1O[Si](C)(C)C(C)(C)C)Oc1ccccc1. The van der Waals surface area contributed by atoms with Gasteiger partial charge in [0.15, 0.2) is 22.5 Å². The molecule has 1 aliphatic rings. The van der Waals surface area contributed by atoms with E-state index in [2.05, 4.69) is 89.0 Å². The van der Waals surface area contributed by atoms with Gasteiger partial charge in [0.25, 0.3) is 0 Å². The minimum Gasteiger partial charge on any atom is -0.464 e. The number of carbonyl (C=O) groups excluding carboxylic acids is 1. The number of benzene rings is 1. The smallest absolute Gasteiger partial charge is 0.459 e. The van der Waals surface area contributed by atoms with Gasteiger partial charge in [-0.05, 0) is 73.4 Å². The first-order valence-electron chi connectivity index (χ1n) is 19.4. The summed E-state index contributed by atoms with van der Waals surface area (Å²) >= 11 is 0. The van der Waals surface area contributed by atoms with E-state index < -0.39 is 60.3 Å². The number of nitrogens with one attached hydrogen (secondary N) is 1. The zero-order chi connectivity index (χ0) is 41.9. The molecule has 14 nitrogen and oxygen atoms in total. The highest BCUT2D eigenvalue weighted by atomic mass is 31.2. The molecular weight excluding hydrogens is 768 g/mol. The van der Waals surface area contributed by atoms with Crippen molar-refractivity contribution in [2.24, 2.45) is 5.92 Å². The van der Waals surface area contributed by atoms with Gasteiger partial charge in [-0.25, -0.2) is 14.1 Å². The van der Waals surface area contributed by atoms with Crippen LogP contribution in [0.5, 0.6) is 5.75 Å². The highest BCUT2D eigenvalue weighted by Crippen LogP contribution is 2.52. The summed E-state index contributed by atoms with van der Waals surface area (Å²) in [6.45, 7) is 26.7. The zero-order valence-corrected chi connectivity index (χ0v) is 38.3. The molecule has 0 radical (unpaired) electrons. The Morgan fingerprint density at radius 3 is 2.21 bits per heavy atom. The van der Waals surface area contributed by atoms with E-state index in [4.69, 9.17) is 33.1 Å². The first-order valence-corrected chi connectivity index (χ1v) is 26.8.